The minimum absolute atomic E-state index is 0.0165. The van der Waals surface area contributed by atoms with Gasteiger partial charge in [-0.2, -0.15) is 13.2 Å². The third kappa shape index (κ3) is 9.22. The molecular formula is C32H24BrClF3N3O3S. The highest BCUT2D eigenvalue weighted by atomic mass is 79.9. The molecule has 4 aromatic rings. The molecule has 4 rings (SSSR count). The van der Waals surface area contributed by atoms with Crippen LogP contribution in [0.4, 0.5) is 24.5 Å². The lowest BCUT2D eigenvalue weighted by Gasteiger charge is -2.15. The molecule has 6 nitrogen and oxygen atoms in total. The summed E-state index contributed by atoms with van der Waals surface area (Å²) in [5.74, 6) is -1.54. The van der Waals surface area contributed by atoms with Crippen LogP contribution in [0.15, 0.2) is 112 Å². The van der Waals surface area contributed by atoms with Crippen LogP contribution in [0, 0.1) is 0 Å². The first-order valence-electron chi connectivity index (χ1n) is 13.0. The molecule has 0 aliphatic rings. The Morgan fingerprint density at radius 1 is 0.886 bits per heavy atom. The van der Waals surface area contributed by atoms with Crippen LogP contribution in [0.2, 0.25) is 5.02 Å². The Morgan fingerprint density at radius 2 is 1.55 bits per heavy atom. The van der Waals surface area contributed by atoms with Crippen molar-refractivity contribution in [2.45, 2.75) is 23.2 Å². The van der Waals surface area contributed by atoms with Gasteiger partial charge in [-0.3, -0.25) is 14.4 Å². The molecule has 226 valence electrons. The quantitative estimate of drug-likeness (QED) is 0.120. The Morgan fingerprint density at radius 3 is 2.18 bits per heavy atom. The van der Waals surface area contributed by atoms with E-state index in [9.17, 15) is 27.6 Å². The number of hydrogen-bond acceptors (Lipinski definition) is 4. The van der Waals surface area contributed by atoms with Gasteiger partial charge in [0, 0.05) is 20.6 Å². The summed E-state index contributed by atoms with van der Waals surface area (Å²) in [6, 6.07) is 25.0. The molecule has 0 radical (unpaired) electrons. The highest BCUT2D eigenvalue weighted by Crippen LogP contribution is 2.34. The molecular weight excluding hydrogens is 679 g/mol. The van der Waals surface area contributed by atoms with E-state index < -0.39 is 34.7 Å². The number of rotatable bonds is 9. The van der Waals surface area contributed by atoms with Crippen molar-refractivity contribution >= 4 is 74.5 Å². The minimum Gasteiger partial charge on any atom is -0.324 e. The number of thioether (sulfide) groups is 1. The highest BCUT2D eigenvalue weighted by molar-refractivity contribution is 9.10. The molecule has 3 amide bonds. The Labute approximate surface area is 269 Å². The SMILES string of the molecule is CC(Sc1ccc(NC(=O)/C(=C/c2ccc(Br)cc2)NC(=O)c2ccccc2)cc1)C(=O)Nc1cc(C(F)(F)F)ccc1Cl. The maximum atomic E-state index is 13.2. The number of hydrogen-bond donors (Lipinski definition) is 3. The molecule has 0 aliphatic carbocycles. The Bertz CT molecular complexity index is 1680. The van der Waals surface area contributed by atoms with E-state index >= 15 is 0 Å². The van der Waals surface area contributed by atoms with Gasteiger partial charge in [0.2, 0.25) is 5.91 Å². The zero-order chi connectivity index (χ0) is 31.9. The summed E-state index contributed by atoms with van der Waals surface area (Å²) in [6.45, 7) is 1.60. The van der Waals surface area contributed by atoms with Crippen molar-refractivity contribution in [3.05, 3.63) is 129 Å². The number of amides is 3. The van der Waals surface area contributed by atoms with Gasteiger partial charge >= 0.3 is 6.18 Å². The van der Waals surface area contributed by atoms with E-state index in [0.29, 0.717) is 21.7 Å². The van der Waals surface area contributed by atoms with E-state index in [1.807, 2.05) is 12.1 Å². The van der Waals surface area contributed by atoms with Crippen molar-refractivity contribution in [3.63, 3.8) is 0 Å². The van der Waals surface area contributed by atoms with Gasteiger partial charge in [-0.15, -0.1) is 11.8 Å². The van der Waals surface area contributed by atoms with Crippen LogP contribution in [0.3, 0.4) is 0 Å². The second-order valence-corrected chi connectivity index (χ2v) is 12.1. The molecule has 4 aromatic carbocycles. The molecule has 0 saturated heterocycles. The summed E-state index contributed by atoms with van der Waals surface area (Å²) in [5.41, 5.74) is 0.475. The van der Waals surface area contributed by atoms with Crippen molar-refractivity contribution in [1.29, 1.82) is 0 Å². The molecule has 1 unspecified atom stereocenters. The maximum absolute atomic E-state index is 13.2. The Balaban J connectivity index is 1.42. The zero-order valence-corrected chi connectivity index (χ0v) is 26.1. The van der Waals surface area contributed by atoms with E-state index in [2.05, 4.69) is 31.9 Å². The molecule has 0 bridgehead atoms. The normalized spacial score (nSPS) is 12.3. The van der Waals surface area contributed by atoms with E-state index in [1.54, 1.807) is 79.7 Å². The van der Waals surface area contributed by atoms with E-state index in [1.165, 1.54) is 11.8 Å². The van der Waals surface area contributed by atoms with Crippen molar-refractivity contribution < 1.29 is 27.6 Å². The first-order valence-corrected chi connectivity index (χ1v) is 15.0. The summed E-state index contributed by atoms with van der Waals surface area (Å²) >= 11 is 10.5. The Kier molecular flexibility index (Phi) is 10.9. The van der Waals surface area contributed by atoms with Crippen molar-refractivity contribution in [2.24, 2.45) is 0 Å². The number of anilines is 2. The van der Waals surface area contributed by atoms with Crippen LogP contribution in [-0.2, 0) is 15.8 Å². The van der Waals surface area contributed by atoms with Gasteiger partial charge in [-0.05, 0) is 85.3 Å². The zero-order valence-electron chi connectivity index (χ0n) is 22.9. The molecule has 44 heavy (non-hydrogen) atoms. The molecule has 0 aromatic heterocycles. The van der Waals surface area contributed by atoms with Gasteiger partial charge in [0.25, 0.3) is 11.8 Å². The number of benzene rings is 4. The van der Waals surface area contributed by atoms with Gasteiger partial charge < -0.3 is 16.0 Å². The van der Waals surface area contributed by atoms with Crippen LogP contribution < -0.4 is 16.0 Å². The number of nitrogens with one attached hydrogen (secondary N) is 3. The number of halogens is 5. The predicted octanol–water partition coefficient (Wildman–Crippen LogP) is 8.65. The third-order valence-corrected chi connectivity index (χ3v) is 8.03. The molecule has 1 atom stereocenters. The fourth-order valence-electron chi connectivity index (χ4n) is 3.77. The standard InChI is InChI=1S/C32H24BrClF3N3O3S/c1-19(29(41)39-27-18-22(32(35,36)37)9-16-26(27)34)44-25-14-12-24(13-15-25)38-31(43)28(17-20-7-10-23(33)11-8-20)40-30(42)21-5-3-2-4-6-21/h2-19H,1H3,(H,38,43)(H,39,41)(H,40,42)/b28-17-. The third-order valence-electron chi connectivity index (χ3n) is 6.06. The van der Waals surface area contributed by atoms with Crippen LogP contribution >= 0.6 is 39.3 Å². The average molecular weight is 703 g/mol. The molecule has 0 fully saturated rings. The van der Waals surface area contributed by atoms with Crippen LogP contribution in [-0.4, -0.2) is 23.0 Å². The molecule has 3 N–H and O–H groups in total. The van der Waals surface area contributed by atoms with Crippen LogP contribution in [0.1, 0.15) is 28.4 Å². The monoisotopic (exact) mass is 701 g/mol. The smallest absolute Gasteiger partial charge is 0.324 e. The van der Waals surface area contributed by atoms with Crippen molar-refractivity contribution in [3.8, 4) is 0 Å². The lowest BCUT2D eigenvalue weighted by molar-refractivity contribution is -0.137. The maximum Gasteiger partial charge on any atom is 0.416 e. The fourth-order valence-corrected chi connectivity index (χ4v) is 5.07. The lowest BCUT2D eigenvalue weighted by Crippen LogP contribution is -2.30. The molecule has 0 saturated carbocycles. The fraction of sp³-hybridized carbons (Fsp3) is 0.0938. The Hall–Kier alpha value is -4.06. The topological polar surface area (TPSA) is 87.3 Å². The van der Waals surface area contributed by atoms with Gasteiger partial charge in [-0.25, -0.2) is 0 Å². The second-order valence-electron chi connectivity index (χ2n) is 9.35. The van der Waals surface area contributed by atoms with E-state index in [4.69, 9.17) is 11.6 Å². The minimum atomic E-state index is -4.58. The van der Waals surface area contributed by atoms with Crippen LogP contribution in [0.5, 0.6) is 0 Å². The lowest BCUT2D eigenvalue weighted by atomic mass is 10.1. The molecule has 0 heterocycles. The van der Waals surface area contributed by atoms with Gasteiger partial charge in [0.15, 0.2) is 0 Å². The highest BCUT2D eigenvalue weighted by Gasteiger charge is 2.31. The first kappa shape index (κ1) is 32.8. The van der Waals surface area contributed by atoms with Crippen LogP contribution in [0.25, 0.3) is 6.08 Å². The van der Waals surface area contributed by atoms with Gasteiger partial charge in [0.1, 0.15) is 5.70 Å². The van der Waals surface area contributed by atoms with Crippen molar-refractivity contribution in [1.82, 2.24) is 5.32 Å². The van der Waals surface area contributed by atoms with Crippen molar-refractivity contribution in [2.75, 3.05) is 10.6 Å². The summed E-state index contributed by atoms with van der Waals surface area (Å²) in [7, 11) is 0. The molecule has 0 spiro atoms. The second kappa shape index (κ2) is 14.6. The summed E-state index contributed by atoms with van der Waals surface area (Å²) in [6.07, 6.45) is -3.02. The summed E-state index contributed by atoms with van der Waals surface area (Å²) in [4.78, 5) is 39.4. The van der Waals surface area contributed by atoms with Gasteiger partial charge in [-0.1, -0.05) is 57.9 Å². The summed E-state index contributed by atoms with van der Waals surface area (Å²) < 4.78 is 40.1. The summed E-state index contributed by atoms with van der Waals surface area (Å²) in [5, 5.41) is 7.19. The number of carbonyl (C=O) groups excluding carboxylic acids is 3. The van der Waals surface area contributed by atoms with E-state index in [-0.39, 0.29) is 16.4 Å². The average Bonchev–Trinajstić information content (AvgIpc) is 2.99. The molecule has 0 aliphatic heterocycles. The van der Waals surface area contributed by atoms with Gasteiger partial charge in [0.05, 0.1) is 21.5 Å². The van der Waals surface area contributed by atoms with E-state index in [0.717, 1.165) is 22.7 Å². The number of alkyl halides is 3. The molecule has 12 heteroatoms. The number of carbonyl (C=O) groups is 3. The first-order chi connectivity index (χ1) is 20.9. The largest absolute Gasteiger partial charge is 0.416 e. The predicted molar refractivity (Wildman–Crippen MR) is 172 cm³/mol.